The molecule has 0 radical (unpaired) electrons. The standard InChI is InChI=1S/C15H21FN2O4S/c1-10(13-8-11(16)4-5-14(13)22-3)17-15(19)18(2)12-6-7-23(20,21)9-12/h4-5,8,10,12H,6-7,9H2,1-3H3,(H,17,19)/t10-,12+/m1/s1. The lowest BCUT2D eigenvalue weighted by Crippen LogP contribution is -2.44. The van der Waals surface area contributed by atoms with Gasteiger partial charge in [-0.25, -0.2) is 17.6 Å². The number of ether oxygens (including phenoxy) is 1. The van der Waals surface area contributed by atoms with Crippen molar-refractivity contribution in [2.24, 2.45) is 0 Å². The zero-order valence-electron chi connectivity index (χ0n) is 13.4. The number of urea groups is 1. The van der Waals surface area contributed by atoms with Gasteiger partial charge in [-0.2, -0.15) is 0 Å². The molecular weight excluding hydrogens is 323 g/mol. The zero-order chi connectivity index (χ0) is 17.2. The molecule has 1 aliphatic heterocycles. The van der Waals surface area contributed by atoms with Gasteiger partial charge < -0.3 is 15.0 Å². The van der Waals surface area contributed by atoms with E-state index in [0.717, 1.165) is 0 Å². The fraction of sp³-hybridized carbons (Fsp3) is 0.533. The summed E-state index contributed by atoms with van der Waals surface area (Å²) in [5.74, 6) is 0.138. The average Bonchev–Trinajstić information content (AvgIpc) is 2.86. The molecule has 0 unspecified atom stereocenters. The molecule has 23 heavy (non-hydrogen) atoms. The monoisotopic (exact) mass is 344 g/mol. The summed E-state index contributed by atoms with van der Waals surface area (Å²) < 4.78 is 41.6. The molecule has 1 N–H and O–H groups in total. The Bertz CT molecular complexity index is 693. The van der Waals surface area contributed by atoms with E-state index in [2.05, 4.69) is 5.32 Å². The smallest absolute Gasteiger partial charge is 0.317 e. The zero-order valence-corrected chi connectivity index (χ0v) is 14.2. The second-order valence-electron chi connectivity index (χ2n) is 5.73. The van der Waals surface area contributed by atoms with Crippen LogP contribution in [0, 0.1) is 5.82 Å². The lowest BCUT2D eigenvalue weighted by Gasteiger charge is -2.26. The van der Waals surface area contributed by atoms with E-state index in [4.69, 9.17) is 4.74 Å². The van der Waals surface area contributed by atoms with Crippen molar-refractivity contribution in [3.8, 4) is 5.75 Å². The van der Waals surface area contributed by atoms with Crippen LogP contribution in [0.1, 0.15) is 24.9 Å². The Morgan fingerprint density at radius 1 is 1.48 bits per heavy atom. The van der Waals surface area contributed by atoms with Crippen LogP contribution in [0.3, 0.4) is 0 Å². The van der Waals surface area contributed by atoms with Gasteiger partial charge in [-0.3, -0.25) is 0 Å². The van der Waals surface area contributed by atoms with E-state index in [9.17, 15) is 17.6 Å². The van der Waals surface area contributed by atoms with Crippen LogP contribution in [0.15, 0.2) is 18.2 Å². The number of hydrogen-bond acceptors (Lipinski definition) is 4. The Kier molecular flexibility index (Phi) is 5.13. The molecule has 1 aromatic rings. The number of carbonyl (C=O) groups excluding carboxylic acids is 1. The maximum atomic E-state index is 13.4. The van der Waals surface area contributed by atoms with Gasteiger partial charge in [0, 0.05) is 18.7 Å². The van der Waals surface area contributed by atoms with Gasteiger partial charge in [-0.1, -0.05) is 0 Å². The molecule has 1 aromatic carbocycles. The molecule has 1 saturated heterocycles. The molecule has 128 valence electrons. The summed E-state index contributed by atoms with van der Waals surface area (Å²) in [5, 5.41) is 2.75. The van der Waals surface area contributed by atoms with Crippen LogP contribution in [0.2, 0.25) is 0 Å². The highest BCUT2D eigenvalue weighted by Crippen LogP contribution is 2.26. The minimum absolute atomic E-state index is 0.0193. The fourth-order valence-corrected chi connectivity index (χ4v) is 4.43. The predicted molar refractivity (Wildman–Crippen MR) is 84.7 cm³/mol. The summed E-state index contributed by atoms with van der Waals surface area (Å²) in [7, 11) is -0.0233. The first kappa shape index (κ1) is 17.5. The number of sulfone groups is 1. The average molecular weight is 344 g/mol. The van der Waals surface area contributed by atoms with Crippen LogP contribution in [0.25, 0.3) is 0 Å². The van der Waals surface area contributed by atoms with E-state index >= 15 is 0 Å². The van der Waals surface area contributed by atoms with Crippen molar-refractivity contribution in [2.75, 3.05) is 25.7 Å². The quantitative estimate of drug-likeness (QED) is 0.902. The summed E-state index contributed by atoms with van der Waals surface area (Å²) in [6, 6.07) is 2.89. The largest absolute Gasteiger partial charge is 0.496 e. The first-order valence-electron chi connectivity index (χ1n) is 7.30. The van der Waals surface area contributed by atoms with E-state index in [1.54, 1.807) is 14.0 Å². The topological polar surface area (TPSA) is 75.7 Å². The number of rotatable bonds is 4. The summed E-state index contributed by atoms with van der Waals surface area (Å²) in [4.78, 5) is 13.7. The van der Waals surface area contributed by atoms with E-state index in [-0.39, 0.29) is 17.5 Å². The number of amides is 2. The predicted octanol–water partition coefficient (Wildman–Crippen LogP) is 1.72. The summed E-state index contributed by atoms with van der Waals surface area (Å²) in [6.45, 7) is 1.72. The van der Waals surface area contributed by atoms with Crippen LogP contribution in [0.5, 0.6) is 5.75 Å². The highest BCUT2D eigenvalue weighted by atomic mass is 32.2. The van der Waals surface area contributed by atoms with Crippen molar-refractivity contribution in [1.29, 1.82) is 0 Å². The van der Waals surface area contributed by atoms with Gasteiger partial charge in [0.05, 0.1) is 24.7 Å². The number of halogens is 1. The number of benzene rings is 1. The van der Waals surface area contributed by atoms with Crippen LogP contribution in [-0.2, 0) is 9.84 Å². The SMILES string of the molecule is COc1ccc(F)cc1[C@@H](C)NC(=O)N(C)[C@H]1CCS(=O)(=O)C1. The Morgan fingerprint density at radius 2 is 2.17 bits per heavy atom. The normalized spacial score (nSPS) is 20.8. The number of nitrogens with zero attached hydrogens (tertiary/aromatic N) is 1. The van der Waals surface area contributed by atoms with Crippen LogP contribution < -0.4 is 10.1 Å². The Balaban J connectivity index is 2.06. The second-order valence-corrected chi connectivity index (χ2v) is 7.95. The molecule has 1 fully saturated rings. The summed E-state index contributed by atoms with van der Waals surface area (Å²) in [6.07, 6.45) is 0.434. The van der Waals surface area contributed by atoms with Crippen LogP contribution >= 0.6 is 0 Å². The Labute approximate surface area is 135 Å². The molecule has 0 bridgehead atoms. The van der Waals surface area contributed by atoms with Gasteiger partial charge in [0.25, 0.3) is 0 Å². The number of nitrogens with one attached hydrogen (secondary N) is 1. The van der Waals surface area contributed by atoms with Gasteiger partial charge in [0.1, 0.15) is 11.6 Å². The lowest BCUT2D eigenvalue weighted by atomic mass is 10.1. The molecule has 6 nitrogen and oxygen atoms in total. The molecule has 0 saturated carbocycles. The fourth-order valence-electron chi connectivity index (χ4n) is 2.66. The minimum Gasteiger partial charge on any atom is -0.496 e. The van der Waals surface area contributed by atoms with Crippen molar-refractivity contribution in [2.45, 2.75) is 25.4 Å². The molecule has 2 amide bonds. The van der Waals surface area contributed by atoms with E-state index in [1.807, 2.05) is 0 Å². The molecular formula is C15H21FN2O4S. The highest BCUT2D eigenvalue weighted by Gasteiger charge is 2.33. The summed E-state index contributed by atoms with van der Waals surface area (Å²) in [5.41, 5.74) is 0.522. The third kappa shape index (κ3) is 4.13. The van der Waals surface area contributed by atoms with Crippen molar-refractivity contribution >= 4 is 15.9 Å². The molecule has 2 atom stereocenters. The summed E-state index contributed by atoms with van der Waals surface area (Å²) >= 11 is 0. The second kappa shape index (κ2) is 6.74. The van der Waals surface area contributed by atoms with Crippen molar-refractivity contribution < 1.29 is 22.3 Å². The van der Waals surface area contributed by atoms with Crippen LogP contribution in [0.4, 0.5) is 9.18 Å². The molecule has 1 heterocycles. The molecule has 0 spiro atoms. The van der Waals surface area contributed by atoms with Gasteiger partial charge in [0.15, 0.2) is 9.84 Å². The van der Waals surface area contributed by atoms with Gasteiger partial charge >= 0.3 is 6.03 Å². The maximum Gasteiger partial charge on any atom is 0.317 e. The molecule has 0 aliphatic carbocycles. The molecule has 8 heteroatoms. The van der Waals surface area contributed by atoms with Crippen molar-refractivity contribution in [3.05, 3.63) is 29.6 Å². The number of carbonyl (C=O) groups is 1. The van der Waals surface area contributed by atoms with Crippen LogP contribution in [-0.4, -0.2) is 51.1 Å². The van der Waals surface area contributed by atoms with E-state index in [1.165, 1.54) is 30.2 Å². The molecule has 1 aliphatic rings. The van der Waals surface area contributed by atoms with Gasteiger partial charge in [-0.05, 0) is 31.5 Å². The van der Waals surface area contributed by atoms with E-state index < -0.39 is 27.7 Å². The minimum atomic E-state index is -3.06. The highest BCUT2D eigenvalue weighted by molar-refractivity contribution is 7.91. The third-order valence-corrected chi connectivity index (χ3v) is 5.83. The Hall–Kier alpha value is -1.83. The van der Waals surface area contributed by atoms with Gasteiger partial charge in [-0.15, -0.1) is 0 Å². The lowest BCUT2D eigenvalue weighted by molar-refractivity contribution is 0.191. The number of methoxy groups -OCH3 is 1. The maximum absolute atomic E-state index is 13.4. The first-order chi connectivity index (χ1) is 10.7. The van der Waals surface area contributed by atoms with Gasteiger partial charge in [0.2, 0.25) is 0 Å². The molecule has 2 rings (SSSR count). The number of hydrogen-bond donors (Lipinski definition) is 1. The Morgan fingerprint density at radius 3 is 2.74 bits per heavy atom. The third-order valence-electron chi connectivity index (χ3n) is 4.07. The molecule has 0 aromatic heterocycles. The van der Waals surface area contributed by atoms with E-state index in [0.29, 0.717) is 17.7 Å². The van der Waals surface area contributed by atoms with Crippen molar-refractivity contribution in [3.63, 3.8) is 0 Å². The first-order valence-corrected chi connectivity index (χ1v) is 9.13. The van der Waals surface area contributed by atoms with Crippen molar-refractivity contribution in [1.82, 2.24) is 10.2 Å².